The van der Waals surface area contributed by atoms with Gasteiger partial charge in [-0.05, 0) is 19.1 Å². The molecular weight excluding hydrogens is 310 g/mol. The second kappa shape index (κ2) is 5.82. The number of benzene rings is 1. The quantitative estimate of drug-likeness (QED) is 0.937. The van der Waals surface area contributed by atoms with Crippen molar-refractivity contribution in [2.24, 2.45) is 5.73 Å². The van der Waals surface area contributed by atoms with Crippen LogP contribution in [-0.4, -0.2) is 12.0 Å². The Balaban J connectivity index is 2.23. The van der Waals surface area contributed by atoms with Crippen LogP contribution in [0.4, 0.5) is 5.69 Å². The number of hydrogen-bond donors (Lipinski definition) is 1. The number of rotatable bonds is 4. The Morgan fingerprint density at radius 2 is 2.22 bits per heavy atom. The summed E-state index contributed by atoms with van der Waals surface area (Å²) in [6, 6.07) is 6.14. The summed E-state index contributed by atoms with van der Waals surface area (Å²) in [5.41, 5.74) is 9.20. The molecule has 0 atom stereocenters. The number of aromatic nitrogens is 1. The van der Waals surface area contributed by atoms with Crippen molar-refractivity contribution in [3.8, 4) is 0 Å². The van der Waals surface area contributed by atoms with Gasteiger partial charge in [-0.25, -0.2) is 4.98 Å². The van der Waals surface area contributed by atoms with E-state index in [0.717, 1.165) is 33.0 Å². The van der Waals surface area contributed by atoms with Crippen molar-refractivity contribution in [2.75, 3.05) is 11.9 Å². The molecule has 1 aromatic carbocycles. The minimum absolute atomic E-state index is 0.525. The first-order valence-electron chi connectivity index (χ1n) is 5.71. The van der Waals surface area contributed by atoms with Crippen molar-refractivity contribution in [3.63, 3.8) is 0 Å². The van der Waals surface area contributed by atoms with E-state index in [1.807, 2.05) is 19.1 Å². The van der Waals surface area contributed by atoms with Crippen molar-refractivity contribution in [3.05, 3.63) is 44.3 Å². The Morgan fingerprint density at radius 1 is 1.44 bits per heavy atom. The van der Waals surface area contributed by atoms with E-state index in [1.54, 1.807) is 11.3 Å². The number of thiazole rings is 1. The Hall–Kier alpha value is -0.910. The molecule has 0 aliphatic heterocycles. The molecule has 0 fully saturated rings. The van der Waals surface area contributed by atoms with E-state index in [9.17, 15) is 0 Å². The second-order valence-electron chi connectivity index (χ2n) is 4.16. The normalized spacial score (nSPS) is 10.7. The standard InChI is InChI=1S/C13H16BrN3S/c1-9-16-10(8-18-9)7-17(2)13-5-3-4-12(14)11(13)6-15/h3-5,8H,6-7,15H2,1-2H3. The molecule has 0 spiro atoms. The van der Waals surface area contributed by atoms with Crippen LogP contribution in [0, 0.1) is 6.92 Å². The van der Waals surface area contributed by atoms with Gasteiger partial charge < -0.3 is 10.6 Å². The molecule has 0 radical (unpaired) electrons. The van der Waals surface area contributed by atoms with E-state index in [2.05, 4.69) is 44.3 Å². The molecule has 0 saturated carbocycles. The van der Waals surface area contributed by atoms with Crippen molar-refractivity contribution in [2.45, 2.75) is 20.0 Å². The van der Waals surface area contributed by atoms with E-state index >= 15 is 0 Å². The SMILES string of the molecule is Cc1nc(CN(C)c2cccc(Br)c2CN)cs1. The lowest BCUT2D eigenvalue weighted by atomic mass is 10.1. The molecule has 2 aromatic rings. The van der Waals surface area contributed by atoms with E-state index in [4.69, 9.17) is 5.73 Å². The molecule has 2 rings (SSSR count). The molecule has 2 N–H and O–H groups in total. The van der Waals surface area contributed by atoms with Gasteiger partial charge >= 0.3 is 0 Å². The fourth-order valence-corrected chi connectivity index (χ4v) is 3.04. The van der Waals surface area contributed by atoms with Crippen LogP contribution in [0.5, 0.6) is 0 Å². The minimum Gasteiger partial charge on any atom is -0.368 e. The lowest BCUT2D eigenvalue weighted by Crippen LogP contribution is -2.19. The fraction of sp³-hybridized carbons (Fsp3) is 0.308. The Morgan fingerprint density at radius 3 is 2.83 bits per heavy atom. The number of hydrogen-bond acceptors (Lipinski definition) is 4. The van der Waals surface area contributed by atoms with Gasteiger partial charge in [0.1, 0.15) is 0 Å². The Labute approximate surface area is 120 Å². The average molecular weight is 326 g/mol. The van der Waals surface area contributed by atoms with Crippen LogP contribution in [0.25, 0.3) is 0 Å². The maximum Gasteiger partial charge on any atom is 0.0898 e. The summed E-state index contributed by atoms with van der Waals surface area (Å²) in [6.45, 7) is 3.35. The summed E-state index contributed by atoms with van der Waals surface area (Å²) < 4.78 is 1.06. The van der Waals surface area contributed by atoms with Crippen molar-refractivity contribution in [1.82, 2.24) is 4.98 Å². The highest BCUT2D eigenvalue weighted by atomic mass is 79.9. The van der Waals surface area contributed by atoms with E-state index < -0.39 is 0 Å². The van der Waals surface area contributed by atoms with Crippen LogP contribution in [0.15, 0.2) is 28.1 Å². The van der Waals surface area contributed by atoms with Gasteiger partial charge in [-0.3, -0.25) is 0 Å². The molecule has 0 unspecified atom stereocenters. The third-order valence-corrected chi connectivity index (χ3v) is 4.34. The first-order valence-corrected chi connectivity index (χ1v) is 7.38. The monoisotopic (exact) mass is 325 g/mol. The van der Waals surface area contributed by atoms with Crippen LogP contribution >= 0.6 is 27.3 Å². The molecule has 1 heterocycles. The highest BCUT2D eigenvalue weighted by Gasteiger charge is 2.10. The summed E-state index contributed by atoms with van der Waals surface area (Å²) in [6.07, 6.45) is 0. The number of nitrogens with zero attached hydrogens (tertiary/aromatic N) is 2. The average Bonchev–Trinajstić information content (AvgIpc) is 2.74. The lowest BCUT2D eigenvalue weighted by Gasteiger charge is -2.22. The number of aryl methyl sites for hydroxylation is 1. The molecule has 3 nitrogen and oxygen atoms in total. The van der Waals surface area contributed by atoms with Crippen molar-refractivity contribution >= 4 is 33.0 Å². The van der Waals surface area contributed by atoms with Gasteiger partial charge in [-0.1, -0.05) is 22.0 Å². The minimum atomic E-state index is 0.525. The lowest BCUT2D eigenvalue weighted by molar-refractivity contribution is 0.875. The zero-order valence-corrected chi connectivity index (χ0v) is 12.9. The predicted octanol–water partition coefficient (Wildman–Crippen LogP) is 3.31. The highest BCUT2D eigenvalue weighted by Crippen LogP contribution is 2.27. The first kappa shape index (κ1) is 13.5. The summed E-state index contributed by atoms with van der Waals surface area (Å²) in [5, 5.41) is 3.21. The topological polar surface area (TPSA) is 42.2 Å². The molecule has 0 saturated heterocycles. The molecule has 0 aliphatic carbocycles. The molecule has 1 aromatic heterocycles. The molecule has 5 heteroatoms. The Kier molecular flexibility index (Phi) is 4.37. The largest absolute Gasteiger partial charge is 0.368 e. The van der Waals surface area contributed by atoms with Crippen LogP contribution < -0.4 is 10.6 Å². The Bertz CT molecular complexity index is 539. The van der Waals surface area contributed by atoms with Gasteiger partial charge in [0, 0.05) is 34.7 Å². The predicted molar refractivity (Wildman–Crippen MR) is 81.0 cm³/mol. The number of nitrogens with two attached hydrogens (primary N) is 1. The van der Waals surface area contributed by atoms with Gasteiger partial charge in [0.05, 0.1) is 17.2 Å². The molecule has 0 amide bonds. The summed E-state index contributed by atoms with van der Waals surface area (Å²) in [5.74, 6) is 0. The van der Waals surface area contributed by atoms with E-state index in [0.29, 0.717) is 6.54 Å². The number of halogens is 1. The summed E-state index contributed by atoms with van der Waals surface area (Å²) >= 11 is 5.23. The van der Waals surface area contributed by atoms with E-state index in [1.165, 1.54) is 0 Å². The zero-order chi connectivity index (χ0) is 13.1. The number of anilines is 1. The van der Waals surface area contributed by atoms with Crippen molar-refractivity contribution in [1.29, 1.82) is 0 Å². The first-order chi connectivity index (χ1) is 8.61. The van der Waals surface area contributed by atoms with Gasteiger partial charge in [-0.15, -0.1) is 11.3 Å². The third kappa shape index (κ3) is 2.91. The maximum atomic E-state index is 5.82. The van der Waals surface area contributed by atoms with Gasteiger partial charge in [0.2, 0.25) is 0 Å². The van der Waals surface area contributed by atoms with Gasteiger partial charge in [-0.2, -0.15) is 0 Å². The van der Waals surface area contributed by atoms with Crippen LogP contribution in [0.2, 0.25) is 0 Å². The molecule has 0 bridgehead atoms. The molecule has 0 aliphatic rings. The zero-order valence-electron chi connectivity index (χ0n) is 10.5. The van der Waals surface area contributed by atoms with Crippen LogP contribution in [0.3, 0.4) is 0 Å². The second-order valence-corrected chi connectivity index (χ2v) is 6.07. The molecular formula is C13H16BrN3S. The van der Waals surface area contributed by atoms with E-state index in [-0.39, 0.29) is 0 Å². The molecule has 96 valence electrons. The maximum absolute atomic E-state index is 5.82. The van der Waals surface area contributed by atoms with Crippen LogP contribution in [0.1, 0.15) is 16.3 Å². The summed E-state index contributed by atoms with van der Waals surface area (Å²) in [4.78, 5) is 6.67. The smallest absolute Gasteiger partial charge is 0.0898 e. The van der Waals surface area contributed by atoms with Crippen LogP contribution in [-0.2, 0) is 13.1 Å². The van der Waals surface area contributed by atoms with Crippen molar-refractivity contribution < 1.29 is 0 Å². The van der Waals surface area contributed by atoms with Gasteiger partial charge in [0.25, 0.3) is 0 Å². The van der Waals surface area contributed by atoms with Gasteiger partial charge in [0.15, 0.2) is 0 Å². The fourth-order valence-electron chi connectivity index (χ4n) is 1.92. The third-order valence-electron chi connectivity index (χ3n) is 2.78. The highest BCUT2D eigenvalue weighted by molar-refractivity contribution is 9.10. The molecule has 18 heavy (non-hydrogen) atoms. The summed E-state index contributed by atoms with van der Waals surface area (Å²) in [7, 11) is 2.07.